The van der Waals surface area contributed by atoms with Crippen LogP contribution in [0.4, 0.5) is 5.69 Å². The Labute approximate surface area is 158 Å². The molecule has 0 saturated heterocycles. The van der Waals surface area contributed by atoms with Crippen LogP contribution in [0.3, 0.4) is 0 Å². The molecule has 4 rings (SSSR count). The van der Waals surface area contributed by atoms with Gasteiger partial charge in [0.2, 0.25) is 5.91 Å². The van der Waals surface area contributed by atoms with E-state index >= 15 is 0 Å². The van der Waals surface area contributed by atoms with E-state index in [4.69, 9.17) is 0 Å². The number of carbonyl (C=O) groups is 1. The van der Waals surface area contributed by atoms with Gasteiger partial charge in [0.1, 0.15) is 19.0 Å². The average molecular weight is 380 g/mol. The van der Waals surface area contributed by atoms with Gasteiger partial charge in [0.15, 0.2) is 0 Å². The molecule has 1 N–H and O–H groups in total. The van der Waals surface area contributed by atoms with E-state index in [9.17, 15) is 4.79 Å². The minimum Gasteiger partial charge on any atom is -0.326 e. The zero-order valence-electron chi connectivity index (χ0n) is 14.2. The molecular weight excluding hydrogens is 364 g/mol. The number of anilines is 1. The molecule has 0 aliphatic heterocycles. The third-order valence-corrected chi connectivity index (χ3v) is 4.74. The van der Waals surface area contributed by atoms with Crippen molar-refractivity contribution >= 4 is 22.9 Å². The van der Waals surface area contributed by atoms with Crippen molar-refractivity contribution in [1.82, 2.24) is 35.0 Å². The van der Waals surface area contributed by atoms with Gasteiger partial charge in [-0.3, -0.25) is 4.79 Å². The van der Waals surface area contributed by atoms with Crippen molar-refractivity contribution in [3.8, 4) is 0 Å². The molecule has 0 fully saturated rings. The summed E-state index contributed by atoms with van der Waals surface area (Å²) in [5.74, 6) is -0.106. The fourth-order valence-corrected chi connectivity index (χ4v) is 3.43. The van der Waals surface area contributed by atoms with Crippen LogP contribution in [0.1, 0.15) is 23.6 Å². The third-order valence-electron chi connectivity index (χ3n) is 4.04. The van der Waals surface area contributed by atoms with Crippen molar-refractivity contribution < 1.29 is 4.79 Å². The van der Waals surface area contributed by atoms with Crippen LogP contribution in [0.5, 0.6) is 0 Å². The summed E-state index contributed by atoms with van der Waals surface area (Å²) in [6, 6.07) is 9.40. The number of tetrazole rings is 1. The van der Waals surface area contributed by atoms with Gasteiger partial charge in [-0.15, -0.1) is 5.10 Å². The summed E-state index contributed by atoms with van der Waals surface area (Å²) in [5, 5.41) is 22.3. The monoisotopic (exact) mass is 380 g/mol. The lowest BCUT2D eigenvalue weighted by Gasteiger charge is -2.15. The molecule has 0 saturated carbocycles. The summed E-state index contributed by atoms with van der Waals surface area (Å²) in [5.41, 5.74) is 2.82. The number of rotatable bonds is 7. The Bertz CT molecular complexity index is 931. The number of benzene rings is 1. The van der Waals surface area contributed by atoms with E-state index in [1.54, 1.807) is 27.0 Å². The Morgan fingerprint density at radius 2 is 2.07 bits per heavy atom. The fraction of sp³-hybridized carbons (Fsp3) is 0.176. The van der Waals surface area contributed by atoms with Crippen LogP contribution in [0.15, 0.2) is 60.1 Å². The summed E-state index contributed by atoms with van der Waals surface area (Å²) in [6.45, 7) is 0.633. The Hall–Kier alpha value is -3.40. The van der Waals surface area contributed by atoms with Crippen LogP contribution in [-0.2, 0) is 11.3 Å². The van der Waals surface area contributed by atoms with Gasteiger partial charge < -0.3 is 5.32 Å². The number of aromatic nitrogens is 7. The molecule has 136 valence electrons. The van der Waals surface area contributed by atoms with E-state index in [0.717, 1.165) is 16.8 Å². The molecule has 10 heteroatoms. The van der Waals surface area contributed by atoms with Crippen LogP contribution in [0.25, 0.3) is 0 Å². The summed E-state index contributed by atoms with van der Waals surface area (Å²) in [7, 11) is 0. The molecule has 27 heavy (non-hydrogen) atoms. The number of hydrogen-bond donors (Lipinski definition) is 1. The van der Waals surface area contributed by atoms with Crippen LogP contribution in [-0.4, -0.2) is 40.9 Å². The first-order valence-corrected chi connectivity index (χ1v) is 9.18. The number of nitrogens with one attached hydrogen (secondary N) is 1. The van der Waals surface area contributed by atoms with Crippen LogP contribution in [0.2, 0.25) is 0 Å². The highest BCUT2D eigenvalue weighted by Crippen LogP contribution is 2.23. The molecule has 0 aliphatic rings. The van der Waals surface area contributed by atoms with Gasteiger partial charge in [-0.05, 0) is 50.5 Å². The van der Waals surface area contributed by atoms with Crippen molar-refractivity contribution in [1.29, 1.82) is 0 Å². The molecule has 1 aromatic carbocycles. The highest BCUT2D eigenvalue weighted by molar-refractivity contribution is 7.08. The number of thiophene rings is 1. The maximum Gasteiger partial charge on any atom is 0.226 e. The number of hydrogen-bond acceptors (Lipinski definition) is 7. The standard InChI is InChI=1S/C17H16N8OS/c26-17(7-16(14-5-6-27-9-14)25-12-19-22-23-25)21-15-3-1-13(2-4-15)8-24-11-18-10-20-24/h1-6,9-12,16H,7-8H2,(H,21,26)/t16-/m0/s1. The first-order chi connectivity index (χ1) is 13.3. The zero-order valence-corrected chi connectivity index (χ0v) is 15.0. The first kappa shape index (κ1) is 17.0. The van der Waals surface area contributed by atoms with Crippen LogP contribution >= 0.6 is 11.3 Å². The van der Waals surface area contributed by atoms with E-state index in [1.807, 2.05) is 41.1 Å². The van der Waals surface area contributed by atoms with Crippen LogP contribution < -0.4 is 5.32 Å². The Kier molecular flexibility index (Phi) is 4.97. The quantitative estimate of drug-likeness (QED) is 0.526. The van der Waals surface area contributed by atoms with Gasteiger partial charge in [-0.1, -0.05) is 12.1 Å². The van der Waals surface area contributed by atoms with Crippen molar-refractivity contribution in [2.24, 2.45) is 0 Å². The topological polar surface area (TPSA) is 103 Å². The molecule has 0 bridgehead atoms. The molecule has 0 aliphatic carbocycles. The molecule has 0 radical (unpaired) electrons. The third kappa shape index (κ3) is 4.23. The fourth-order valence-electron chi connectivity index (χ4n) is 2.72. The minimum absolute atomic E-state index is 0.106. The van der Waals surface area contributed by atoms with Crippen molar-refractivity contribution in [2.75, 3.05) is 5.32 Å². The smallest absolute Gasteiger partial charge is 0.226 e. The Morgan fingerprint density at radius 1 is 1.19 bits per heavy atom. The maximum absolute atomic E-state index is 12.5. The molecular formula is C17H16N8OS. The number of carbonyl (C=O) groups excluding carboxylic acids is 1. The largest absolute Gasteiger partial charge is 0.326 e. The van der Waals surface area contributed by atoms with E-state index in [1.165, 1.54) is 12.7 Å². The highest BCUT2D eigenvalue weighted by Gasteiger charge is 2.19. The van der Waals surface area contributed by atoms with E-state index in [2.05, 4.69) is 30.9 Å². The maximum atomic E-state index is 12.5. The van der Waals surface area contributed by atoms with E-state index in [0.29, 0.717) is 6.54 Å². The minimum atomic E-state index is -0.238. The second kappa shape index (κ2) is 7.87. The second-order valence-corrected chi connectivity index (χ2v) is 6.68. The molecule has 3 aromatic heterocycles. The first-order valence-electron chi connectivity index (χ1n) is 8.24. The lowest BCUT2D eigenvalue weighted by molar-refractivity contribution is -0.116. The Morgan fingerprint density at radius 3 is 2.74 bits per heavy atom. The normalized spacial score (nSPS) is 12.0. The molecule has 4 aromatic rings. The van der Waals surface area contributed by atoms with Gasteiger partial charge in [-0.2, -0.15) is 16.4 Å². The van der Waals surface area contributed by atoms with Crippen molar-refractivity contribution in [2.45, 2.75) is 19.0 Å². The van der Waals surface area contributed by atoms with E-state index in [-0.39, 0.29) is 18.4 Å². The predicted octanol–water partition coefficient (Wildman–Crippen LogP) is 1.99. The molecule has 1 amide bonds. The SMILES string of the molecule is O=C(C[C@@H](c1ccsc1)n1cnnn1)Nc1ccc(Cn2cncn2)cc1. The van der Waals surface area contributed by atoms with Gasteiger partial charge in [0.25, 0.3) is 0 Å². The molecule has 3 heterocycles. The summed E-state index contributed by atoms with van der Waals surface area (Å²) in [6.07, 6.45) is 4.93. The van der Waals surface area contributed by atoms with Gasteiger partial charge >= 0.3 is 0 Å². The average Bonchev–Trinajstić information content (AvgIpc) is 3.44. The Balaban J connectivity index is 1.41. The second-order valence-electron chi connectivity index (χ2n) is 5.90. The van der Waals surface area contributed by atoms with Gasteiger partial charge in [0.05, 0.1) is 19.0 Å². The lowest BCUT2D eigenvalue weighted by Crippen LogP contribution is -2.20. The van der Waals surface area contributed by atoms with Crippen molar-refractivity contribution in [3.05, 3.63) is 71.2 Å². The molecule has 0 spiro atoms. The van der Waals surface area contributed by atoms with Gasteiger partial charge in [-0.25, -0.2) is 14.3 Å². The number of amides is 1. The van der Waals surface area contributed by atoms with Crippen molar-refractivity contribution in [3.63, 3.8) is 0 Å². The zero-order chi connectivity index (χ0) is 18.5. The van der Waals surface area contributed by atoms with Gasteiger partial charge in [0, 0.05) is 5.69 Å². The summed E-state index contributed by atoms with van der Waals surface area (Å²) >= 11 is 1.57. The molecule has 9 nitrogen and oxygen atoms in total. The summed E-state index contributed by atoms with van der Waals surface area (Å²) in [4.78, 5) is 16.5. The lowest BCUT2D eigenvalue weighted by atomic mass is 10.1. The summed E-state index contributed by atoms with van der Waals surface area (Å²) < 4.78 is 3.34. The molecule has 0 unspecified atom stereocenters. The molecule has 1 atom stereocenters. The number of nitrogens with zero attached hydrogens (tertiary/aromatic N) is 7. The highest BCUT2D eigenvalue weighted by atomic mass is 32.1. The predicted molar refractivity (Wildman–Crippen MR) is 99.1 cm³/mol. The van der Waals surface area contributed by atoms with Crippen LogP contribution in [0, 0.1) is 0 Å². The van der Waals surface area contributed by atoms with E-state index < -0.39 is 0 Å².